The SMILES string of the molecule is CON(C)Cn1ncn(C)c1=O. The van der Waals surface area contributed by atoms with Crippen molar-refractivity contribution in [2.75, 3.05) is 14.2 Å². The van der Waals surface area contributed by atoms with Gasteiger partial charge in [0, 0.05) is 14.1 Å². The van der Waals surface area contributed by atoms with Gasteiger partial charge in [-0.25, -0.2) is 4.79 Å². The van der Waals surface area contributed by atoms with Crippen LogP contribution in [-0.2, 0) is 18.6 Å². The fraction of sp³-hybridized carbons (Fsp3) is 0.667. The molecule has 0 aromatic carbocycles. The molecule has 1 rings (SSSR count). The van der Waals surface area contributed by atoms with Crippen molar-refractivity contribution in [1.29, 1.82) is 0 Å². The van der Waals surface area contributed by atoms with Gasteiger partial charge in [-0.3, -0.25) is 4.57 Å². The van der Waals surface area contributed by atoms with E-state index in [2.05, 4.69) is 5.10 Å². The largest absolute Gasteiger partial charge is 0.346 e. The lowest BCUT2D eigenvalue weighted by molar-refractivity contribution is -0.134. The third-order valence-electron chi connectivity index (χ3n) is 1.53. The van der Waals surface area contributed by atoms with Gasteiger partial charge in [0.1, 0.15) is 13.0 Å². The van der Waals surface area contributed by atoms with Crippen molar-refractivity contribution >= 4 is 0 Å². The van der Waals surface area contributed by atoms with E-state index < -0.39 is 0 Å². The summed E-state index contributed by atoms with van der Waals surface area (Å²) in [7, 11) is 4.91. The second-order valence-electron chi connectivity index (χ2n) is 2.48. The normalized spacial score (nSPS) is 11.0. The molecule has 0 saturated carbocycles. The van der Waals surface area contributed by atoms with Crippen LogP contribution in [0.1, 0.15) is 0 Å². The first kappa shape index (κ1) is 8.95. The summed E-state index contributed by atoms with van der Waals surface area (Å²) in [5.41, 5.74) is -0.154. The lowest BCUT2D eigenvalue weighted by Gasteiger charge is -2.11. The van der Waals surface area contributed by atoms with Gasteiger partial charge in [-0.1, -0.05) is 0 Å². The van der Waals surface area contributed by atoms with E-state index in [9.17, 15) is 4.79 Å². The zero-order chi connectivity index (χ0) is 9.14. The van der Waals surface area contributed by atoms with Crippen LogP contribution in [0.15, 0.2) is 11.1 Å². The van der Waals surface area contributed by atoms with Gasteiger partial charge in [-0.2, -0.15) is 14.8 Å². The first-order chi connectivity index (χ1) is 5.65. The summed E-state index contributed by atoms with van der Waals surface area (Å²) in [5.74, 6) is 0. The average molecular weight is 172 g/mol. The smallest absolute Gasteiger partial charge is 0.301 e. The maximum Gasteiger partial charge on any atom is 0.346 e. The molecule has 0 bridgehead atoms. The van der Waals surface area contributed by atoms with Gasteiger partial charge in [0.25, 0.3) is 0 Å². The summed E-state index contributed by atoms with van der Waals surface area (Å²) in [6, 6.07) is 0. The zero-order valence-corrected chi connectivity index (χ0v) is 7.39. The lowest BCUT2D eigenvalue weighted by Crippen LogP contribution is -2.30. The minimum atomic E-state index is -0.154. The number of aryl methyl sites for hydroxylation is 1. The molecule has 0 fully saturated rings. The van der Waals surface area contributed by atoms with Crippen molar-refractivity contribution in [2.24, 2.45) is 7.05 Å². The molecule has 1 aromatic heterocycles. The third-order valence-corrected chi connectivity index (χ3v) is 1.53. The Morgan fingerprint density at radius 1 is 1.75 bits per heavy atom. The highest BCUT2D eigenvalue weighted by atomic mass is 16.7. The minimum absolute atomic E-state index is 0.154. The van der Waals surface area contributed by atoms with Gasteiger partial charge in [0.05, 0.1) is 7.11 Å². The molecular weight excluding hydrogens is 160 g/mol. The monoisotopic (exact) mass is 172 g/mol. The second-order valence-corrected chi connectivity index (χ2v) is 2.48. The summed E-state index contributed by atoms with van der Waals surface area (Å²) in [5, 5.41) is 5.36. The maximum absolute atomic E-state index is 11.2. The number of rotatable bonds is 3. The van der Waals surface area contributed by atoms with E-state index in [4.69, 9.17) is 4.84 Å². The summed E-state index contributed by atoms with van der Waals surface area (Å²) in [4.78, 5) is 16.0. The fourth-order valence-corrected chi connectivity index (χ4v) is 0.764. The molecule has 12 heavy (non-hydrogen) atoms. The molecule has 6 heteroatoms. The number of hydrogen-bond donors (Lipinski definition) is 0. The van der Waals surface area contributed by atoms with Crippen LogP contribution in [0.25, 0.3) is 0 Å². The molecular formula is C6H12N4O2. The van der Waals surface area contributed by atoms with Gasteiger partial charge in [0.15, 0.2) is 0 Å². The van der Waals surface area contributed by atoms with Crippen molar-refractivity contribution in [3.05, 3.63) is 16.8 Å². The quantitative estimate of drug-likeness (QED) is 0.551. The predicted molar refractivity (Wildman–Crippen MR) is 42.2 cm³/mol. The topological polar surface area (TPSA) is 52.3 Å². The van der Waals surface area contributed by atoms with E-state index in [0.29, 0.717) is 6.67 Å². The zero-order valence-electron chi connectivity index (χ0n) is 7.39. The Kier molecular flexibility index (Phi) is 2.61. The highest BCUT2D eigenvalue weighted by molar-refractivity contribution is 4.63. The molecule has 0 spiro atoms. The second kappa shape index (κ2) is 3.51. The molecule has 68 valence electrons. The van der Waals surface area contributed by atoms with Crippen LogP contribution in [0.4, 0.5) is 0 Å². The third kappa shape index (κ3) is 1.72. The van der Waals surface area contributed by atoms with Crippen LogP contribution < -0.4 is 5.69 Å². The van der Waals surface area contributed by atoms with Crippen molar-refractivity contribution in [1.82, 2.24) is 19.4 Å². The van der Waals surface area contributed by atoms with E-state index in [0.717, 1.165) is 0 Å². The Morgan fingerprint density at radius 2 is 2.42 bits per heavy atom. The summed E-state index contributed by atoms with van der Waals surface area (Å²) >= 11 is 0. The van der Waals surface area contributed by atoms with Crippen molar-refractivity contribution in [2.45, 2.75) is 6.67 Å². The van der Waals surface area contributed by atoms with E-state index >= 15 is 0 Å². The van der Waals surface area contributed by atoms with Gasteiger partial charge in [0.2, 0.25) is 0 Å². The number of hydroxylamine groups is 2. The number of hydrogen-bond acceptors (Lipinski definition) is 4. The molecule has 1 heterocycles. The van der Waals surface area contributed by atoms with Crippen molar-refractivity contribution in [3.63, 3.8) is 0 Å². The van der Waals surface area contributed by atoms with Crippen LogP contribution in [0, 0.1) is 0 Å². The standard InChI is InChI=1S/C6H12N4O2/c1-8-4-7-10(6(8)11)5-9(2)12-3/h4H,5H2,1-3H3. The van der Waals surface area contributed by atoms with Gasteiger partial charge >= 0.3 is 5.69 Å². The molecule has 0 aliphatic carbocycles. The van der Waals surface area contributed by atoms with E-state index in [1.165, 1.54) is 27.7 Å². The molecule has 6 nitrogen and oxygen atoms in total. The summed E-state index contributed by atoms with van der Waals surface area (Å²) in [6.07, 6.45) is 1.46. The summed E-state index contributed by atoms with van der Waals surface area (Å²) in [6.45, 7) is 0.330. The highest BCUT2D eigenvalue weighted by Gasteiger charge is 2.03. The number of aromatic nitrogens is 3. The van der Waals surface area contributed by atoms with E-state index in [-0.39, 0.29) is 5.69 Å². The molecule has 1 aromatic rings. The minimum Gasteiger partial charge on any atom is -0.301 e. The molecule has 0 aliphatic rings. The lowest BCUT2D eigenvalue weighted by atomic mass is 10.9. The van der Waals surface area contributed by atoms with Crippen LogP contribution in [0.5, 0.6) is 0 Å². The Balaban J connectivity index is 2.76. The Hall–Kier alpha value is -1.14. The molecule has 0 radical (unpaired) electrons. The van der Waals surface area contributed by atoms with Crippen molar-refractivity contribution < 1.29 is 4.84 Å². The first-order valence-corrected chi connectivity index (χ1v) is 3.49. The van der Waals surface area contributed by atoms with E-state index in [1.54, 1.807) is 14.1 Å². The Morgan fingerprint density at radius 3 is 2.83 bits per heavy atom. The Labute approximate surface area is 69.9 Å². The van der Waals surface area contributed by atoms with Gasteiger partial charge < -0.3 is 4.84 Å². The molecule has 0 aliphatic heterocycles. The van der Waals surface area contributed by atoms with Gasteiger partial charge in [-0.15, -0.1) is 0 Å². The highest BCUT2D eigenvalue weighted by Crippen LogP contribution is 1.83. The van der Waals surface area contributed by atoms with Crippen molar-refractivity contribution in [3.8, 4) is 0 Å². The maximum atomic E-state index is 11.2. The molecule has 0 N–H and O–H groups in total. The van der Waals surface area contributed by atoms with Crippen LogP contribution in [-0.4, -0.2) is 33.6 Å². The fourth-order valence-electron chi connectivity index (χ4n) is 0.764. The molecule has 0 atom stereocenters. The molecule has 0 amide bonds. The van der Waals surface area contributed by atoms with Crippen LogP contribution >= 0.6 is 0 Å². The number of nitrogens with zero attached hydrogens (tertiary/aromatic N) is 4. The van der Waals surface area contributed by atoms with Crippen LogP contribution in [0.3, 0.4) is 0 Å². The first-order valence-electron chi connectivity index (χ1n) is 3.49. The molecule has 0 unspecified atom stereocenters. The van der Waals surface area contributed by atoms with Gasteiger partial charge in [-0.05, 0) is 0 Å². The predicted octanol–water partition coefficient (Wildman–Crippen LogP) is -0.967. The average Bonchev–Trinajstić information content (AvgIpc) is 2.36. The van der Waals surface area contributed by atoms with Crippen LogP contribution in [0.2, 0.25) is 0 Å². The Bertz CT molecular complexity index is 303. The molecule has 0 saturated heterocycles. The summed E-state index contributed by atoms with van der Waals surface area (Å²) < 4.78 is 2.72. The van der Waals surface area contributed by atoms with E-state index in [1.807, 2.05) is 0 Å².